The Labute approximate surface area is 142 Å². The molecule has 0 saturated heterocycles. The largest absolute Gasteiger partial charge is 0.467 e. The molecule has 0 fully saturated rings. The van der Waals surface area contributed by atoms with E-state index in [4.69, 9.17) is 21.8 Å². The van der Waals surface area contributed by atoms with Crippen LogP contribution in [0.5, 0.6) is 0 Å². The molecule has 0 amide bonds. The summed E-state index contributed by atoms with van der Waals surface area (Å²) in [5, 5.41) is 3.74. The normalized spacial score (nSPS) is 12.7. The minimum Gasteiger partial charge on any atom is -0.467 e. The van der Waals surface area contributed by atoms with Crippen LogP contribution < -0.4 is 11.1 Å². The van der Waals surface area contributed by atoms with Crippen LogP contribution in [0.2, 0.25) is 5.15 Å². The Kier molecular flexibility index (Phi) is 4.84. The van der Waals surface area contributed by atoms with Crippen LogP contribution in [0.25, 0.3) is 10.2 Å². The van der Waals surface area contributed by atoms with Crippen LogP contribution >= 0.6 is 22.9 Å². The van der Waals surface area contributed by atoms with E-state index in [1.165, 1.54) is 0 Å². The number of alkyl halides is 1. The van der Waals surface area contributed by atoms with Crippen molar-refractivity contribution in [3.05, 3.63) is 45.8 Å². The minimum atomic E-state index is -0.536. The molecule has 3 heterocycles. The van der Waals surface area contributed by atoms with Gasteiger partial charge in [0, 0.05) is 17.0 Å². The lowest BCUT2D eigenvalue weighted by Crippen LogP contribution is -2.24. The summed E-state index contributed by atoms with van der Waals surface area (Å²) >= 11 is 7.72. The number of aryl methyl sites for hydroxylation is 1. The van der Waals surface area contributed by atoms with Gasteiger partial charge in [0.15, 0.2) is 0 Å². The molecule has 1 atom stereocenters. The molecule has 3 rings (SSSR count). The van der Waals surface area contributed by atoms with Gasteiger partial charge in [0.05, 0.1) is 28.7 Å². The number of halogens is 2. The zero-order valence-corrected chi connectivity index (χ0v) is 14.2. The molecular weight excluding hydrogens is 337 g/mol. The molecule has 7 heteroatoms. The fourth-order valence-corrected chi connectivity index (χ4v) is 3.93. The second-order valence-electron chi connectivity index (χ2n) is 5.37. The fraction of sp³-hybridized carbons (Fsp3) is 0.312. The van der Waals surface area contributed by atoms with Crippen molar-refractivity contribution in [2.75, 3.05) is 12.0 Å². The van der Waals surface area contributed by atoms with Gasteiger partial charge in [0.1, 0.15) is 17.6 Å². The Balaban J connectivity index is 1.95. The first-order chi connectivity index (χ1) is 11.1. The van der Waals surface area contributed by atoms with Gasteiger partial charge >= 0.3 is 0 Å². The average Bonchev–Trinajstić information content (AvgIpc) is 3.15. The summed E-state index contributed by atoms with van der Waals surface area (Å²) in [6.45, 7) is 1.99. The summed E-state index contributed by atoms with van der Waals surface area (Å²) in [5.41, 5.74) is 8.49. The van der Waals surface area contributed by atoms with Crippen molar-refractivity contribution in [1.29, 1.82) is 0 Å². The van der Waals surface area contributed by atoms with Crippen LogP contribution in [-0.4, -0.2) is 17.7 Å². The number of nitrogens with zero attached hydrogens (tertiary/aromatic N) is 1. The lowest BCUT2D eigenvalue weighted by atomic mass is 10.1. The predicted molar refractivity (Wildman–Crippen MR) is 93.1 cm³/mol. The SMILES string of the molecule is Cc1c(CC(N)CF)sc2c(NCc3ccco3)cc(Cl)nc12. The standard InChI is InChI=1S/C16H17ClFN3OS/c1-9-13(5-10(19)7-18)23-16-12(6-14(17)21-15(9)16)20-8-11-3-2-4-22-11/h2-4,6,10H,5,7-8,19H2,1H3,(H,20,21). The molecule has 0 aliphatic heterocycles. The molecule has 3 aromatic heterocycles. The van der Waals surface area contributed by atoms with E-state index in [-0.39, 0.29) is 0 Å². The van der Waals surface area contributed by atoms with Gasteiger partial charge in [-0.1, -0.05) is 11.6 Å². The third-order valence-electron chi connectivity index (χ3n) is 3.62. The highest BCUT2D eigenvalue weighted by atomic mass is 35.5. The molecule has 0 saturated carbocycles. The van der Waals surface area contributed by atoms with Gasteiger partial charge in [-0.3, -0.25) is 0 Å². The van der Waals surface area contributed by atoms with Gasteiger partial charge in [-0.05, 0) is 31.0 Å². The van der Waals surface area contributed by atoms with E-state index in [2.05, 4.69) is 10.3 Å². The van der Waals surface area contributed by atoms with Gasteiger partial charge in [-0.15, -0.1) is 11.3 Å². The van der Waals surface area contributed by atoms with Gasteiger partial charge in [-0.25, -0.2) is 9.37 Å². The molecule has 0 bridgehead atoms. The van der Waals surface area contributed by atoms with Gasteiger partial charge in [0.2, 0.25) is 0 Å². The Morgan fingerprint density at radius 1 is 1.52 bits per heavy atom. The third-order valence-corrected chi connectivity index (χ3v) is 5.15. The highest BCUT2D eigenvalue weighted by Crippen LogP contribution is 2.37. The number of hydrogen-bond acceptors (Lipinski definition) is 5. The van der Waals surface area contributed by atoms with E-state index in [0.717, 1.165) is 32.1 Å². The van der Waals surface area contributed by atoms with E-state index in [9.17, 15) is 4.39 Å². The maximum atomic E-state index is 12.7. The van der Waals surface area contributed by atoms with Crippen LogP contribution in [0.1, 0.15) is 16.2 Å². The fourth-order valence-electron chi connectivity index (χ4n) is 2.41. The maximum absolute atomic E-state index is 12.7. The molecule has 0 aromatic carbocycles. The molecule has 1 unspecified atom stereocenters. The highest BCUT2D eigenvalue weighted by molar-refractivity contribution is 7.19. The van der Waals surface area contributed by atoms with Crippen LogP contribution in [0, 0.1) is 6.92 Å². The van der Waals surface area contributed by atoms with Crippen molar-refractivity contribution < 1.29 is 8.81 Å². The number of rotatable bonds is 6. The zero-order valence-electron chi connectivity index (χ0n) is 12.6. The molecule has 4 nitrogen and oxygen atoms in total. The molecule has 3 aromatic rings. The first kappa shape index (κ1) is 16.2. The second kappa shape index (κ2) is 6.86. The van der Waals surface area contributed by atoms with Crippen LogP contribution in [0.4, 0.5) is 10.1 Å². The summed E-state index contributed by atoms with van der Waals surface area (Å²) in [5.74, 6) is 0.832. The van der Waals surface area contributed by atoms with Crippen molar-refractivity contribution in [3.8, 4) is 0 Å². The number of aromatic nitrogens is 1. The summed E-state index contributed by atoms with van der Waals surface area (Å²) in [4.78, 5) is 5.46. The van der Waals surface area contributed by atoms with E-state index in [0.29, 0.717) is 18.1 Å². The molecule has 3 N–H and O–H groups in total. The topological polar surface area (TPSA) is 64.1 Å². The number of fused-ring (bicyclic) bond motifs is 1. The van der Waals surface area contributed by atoms with Crippen molar-refractivity contribution in [1.82, 2.24) is 4.98 Å². The number of hydrogen-bond donors (Lipinski definition) is 2. The number of nitrogens with one attached hydrogen (secondary N) is 1. The molecule has 0 aliphatic rings. The minimum absolute atomic E-state index is 0.418. The number of furan rings is 1. The number of pyridine rings is 1. The lowest BCUT2D eigenvalue weighted by molar-refractivity contribution is 0.428. The van der Waals surface area contributed by atoms with Crippen molar-refractivity contribution >= 4 is 38.8 Å². The Bertz CT molecular complexity index is 803. The summed E-state index contributed by atoms with van der Waals surface area (Å²) in [7, 11) is 0. The number of nitrogens with two attached hydrogens (primary N) is 1. The lowest BCUT2D eigenvalue weighted by Gasteiger charge is -2.06. The molecule has 122 valence electrons. The van der Waals surface area contributed by atoms with E-state index in [1.807, 2.05) is 19.1 Å². The van der Waals surface area contributed by atoms with Gasteiger partial charge < -0.3 is 15.5 Å². The quantitative estimate of drug-likeness (QED) is 0.648. The third kappa shape index (κ3) is 3.49. The predicted octanol–water partition coefficient (Wildman–Crippen LogP) is 4.30. The Morgan fingerprint density at radius 3 is 3.04 bits per heavy atom. The monoisotopic (exact) mass is 353 g/mol. The Morgan fingerprint density at radius 2 is 2.35 bits per heavy atom. The van der Waals surface area contributed by atoms with Gasteiger partial charge in [0.25, 0.3) is 0 Å². The molecule has 0 aliphatic carbocycles. The smallest absolute Gasteiger partial charge is 0.131 e. The van der Waals surface area contributed by atoms with Gasteiger partial charge in [-0.2, -0.15) is 0 Å². The second-order valence-corrected chi connectivity index (χ2v) is 6.86. The zero-order chi connectivity index (χ0) is 16.4. The maximum Gasteiger partial charge on any atom is 0.131 e. The van der Waals surface area contributed by atoms with Crippen molar-refractivity contribution in [2.24, 2.45) is 5.73 Å². The van der Waals surface area contributed by atoms with Crippen molar-refractivity contribution in [3.63, 3.8) is 0 Å². The van der Waals surface area contributed by atoms with Crippen LogP contribution in [0.3, 0.4) is 0 Å². The van der Waals surface area contributed by atoms with Crippen molar-refractivity contribution in [2.45, 2.75) is 25.9 Å². The van der Waals surface area contributed by atoms with E-state index >= 15 is 0 Å². The van der Waals surface area contributed by atoms with E-state index in [1.54, 1.807) is 23.7 Å². The summed E-state index contributed by atoms with van der Waals surface area (Å²) in [6, 6.07) is 5.05. The summed E-state index contributed by atoms with van der Waals surface area (Å²) < 4.78 is 19.0. The Hall–Kier alpha value is -1.63. The molecule has 23 heavy (non-hydrogen) atoms. The average molecular weight is 354 g/mol. The number of anilines is 1. The molecule has 0 radical (unpaired) electrons. The summed E-state index contributed by atoms with van der Waals surface area (Å²) in [6.07, 6.45) is 2.14. The first-order valence-electron chi connectivity index (χ1n) is 7.24. The highest BCUT2D eigenvalue weighted by Gasteiger charge is 2.16. The van der Waals surface area contributed by atoms with Crippen LogP contribution in [0.15, 0.2) is 28.9 Å². The number of thiophene rings is 1. The molecule has 0 spiro atoms. The molecular formula is C16H17ClFN3OS. The van der Waals surface area contributed by atoms with E-state index < -0.39 is 12.7 Å². The van der Waals surface area contributed by atoms with Crippen LogP contribution in [-0.2, 0) is 13.0 Å². The first-order valence-corrected chi connectivity index (χ1v) is 8.44.